The van der Waals surface area contributed by atoms with Crippen LogP contribution in [0.5, 0.6) is 0 Å². The van der Waals surface area contributed by atoms with Gasteiger partial charge in [0.1, 0.15) is 5.82 Å². The van der Waals surface area contributed by atoms with Crippen molar-refractivity contribution in [1.29, 1.82) is 0 Å². The molecule has 0 saturated carbocycles. The van der Waals surface area contributed by atoms with Crippen molar-refractivity contribution < 1.29 is 14.0 Å². The highest BCUT2D eigenvalue weighted by atomic mass is 19.1. The molecule has 0 fully saturated rings. The van der Waals surface area contributed by atoms with Gasteiger partial charge in [-0.15, -0.1) is 0 Å². The molecule has 1 aromatic carbocycles. The van der Waals surface area contributed by atoms with Gasteiger partial charge in [0, 0.05) is 7.05 Å². The third kappa shape index (κ3) is 2.39. The molecule has 1 amide bonds. The molecule has 0 spiro atoms. The fourth-order valence-corrected chi connectivity index (χ4v) is 1.47. The standard InChI is InChI=1S/C12H16FNO2/c1-12(2,11(15)14(3)16-4)9-5-7-10(13)8-6-9/h5-8H,1-4H3. The van der Waals surface area contributed by atoms with Gasteiger partial charge in [-0.25, -0.2) is 9.45 Å². The number of halogens is 1. The molecular weight excluding hydrogens is 209 g/mol. The molecule has 0 saturated heterocycles. The average molecular weight is 225 g/mol. The van der Waals surface area contributed by atoms with Crippen LogP contribution in [0.3, 0.4) is 0 Å². The van der Waals surface area contributed by atoms with Crippen LogP contribution in [-0.2, 0) is 15.0 Å². The van der Waals surface area contributed by atoms with Crippen LogP contribution >= 0.6 is 0 Å². The summed E-state index contributed by atoms with van der Waals surface area (Å²) in [7, 11) is 2.98. The van der Waals surface area contributed by atoms with Gasteiger partial charge in [-0.2, -0.15) is 0 Å². The van der Waals surface area contributed by atoms with Crippen LogP contribution < -0.4 is 0 Å². The summed E-state index contributed by atoms with van der Waals surface area (Å²) < 4.78 is 12.8. The number of hydroxylamine groups is 2. The summed E-state index contributed by atoms with van der Waals surface area (Å²) in [6.45, 7) is 3.55. The van der Waals surface area contributed by atoms with Crippen molar-refractivity contribution in [3.05, 3.63) is 35.6 Å². The number of nitrogens with zero attached hydrogens (tertiary/aromatic N) is 1. The maximum absolute atomic E-state index is 12.8. The number of hydrogen-bond acceptors (Lipinski definition) is 2. The Bertz CT molecular complexity index is 373. The number of rotatable bonds is 3. The molecule has 0 radical (unpaired) electrons. The number of hydrogen-bond donors (Lipinski definition) is 0. The van der Waals surface area contributed by atoms with Crippen LogP contribution in [0.25, 0.3) is 0 Å². The van der Waals surface area contributed by atoms with Gasteiger partial charge in [0.25, 0.3) is 5.91 Å². The quantitative estimate of drug-likeness (QED) is 0.737. The molecule has 0 N–H and O–H groups in total. The summed E-state index contributed by atoms with van der Waals surface area (Å²) in [5.41, 5.74) is 0.0150. The van der Waals surface area contributed by atoms with E-state index in [1.807, 2.05) is 0 Å². The van der Waals surface area contributed by atoms with Crippen molar-refractivity contribution in [2.45, 2.75) is 19.3 Å². The number of carbonyl (C=O) groups excluding carboxylic acids is 1. The van der Waals surface area contributed by atoms with Crippen molar-refractivity contribution in [3.63, 3.8) is 0 Å². The van der Waals surface area contributed by atoms with E-state index < -0.39 is 5.41 Å². The fourth-order valence-electron chi connectivity index (χ4n) is 1.47. The van der Waals surface area contributed by atoms with E-state index in [4.69, 9.17) is 4.84 Å². The van der Waals surface area contributed by atoms with Crippen molar-refractivity contribution in [2.75, 3.05) is 14.2 Å². The van der Waals surface area contributed by atoms with E-state index in [2.05, 4.69) is 0 Å². The van der Waals surface area contributed by atoms with Crippen LogP contribution in [0.2, 0.25) is 0 Å². The van der Waals surface area contributed by atoms with Crippen LogP contribution in [0, 0.1) is 5.82 Å². The zero-order valence-corrected chi connectivity index (χ0v) is 9.95. The predicted molar refractivity (Wildman–Crippen MR) is 59.2 cm³/mol. The van der Waals surface area contributed by atoms with E-state index in [1.165, 1.54) is 24.3 Å². The smallest absolute Gasteiger partial charge is 0.255 e. The third-order valence-corrected chi connectivity index (χ3v) is 2.66. The summed E-state index contributed by atoms with van der Waals surface area (Å²) in [4.78, 5) is 16.8. The van der Waals surface area contributed by atoms with Crippen molar-refractivity contribution in [3.8, 4) is 0 Å². The number of carbonyl (C=O) groups is 1. The summed E-state index contributed by atoms with van der Waals surface area (Å²) in [6.07, 6.45) is 0. The Morgan fingerprint density at radius 1 is 1.31 bits per heavy atom. The molecule has 1 rings (SSSR count). The van der Waals surface area contributed by atoms with E-state index in [1.54, 1.807) is 33.0 Å². The second-order valence-corrected chi connectivity index (χ2v) is 4.12. The molecule has 16 heavy (non-hydrogen) atoms. The summed E-state index contributed by atoms with van der Waals surface area (Å²) in [5.74, 6) is -0.492. The molecule has 88 valence electrons. The van der Waals surface area contributed by atoms with E-state index in [9.17, 15) is 9.18 Å². The lowest BCUT2D eigenvalue weighted by Crippen LogP contribution is -2.40. The summed E-state index contributed by atoms with van der Waals surface area (Å²) in [6, 6.07) is 5.90. The van der Waals surface area contributed by atoms with Gasteiger partial charge in [-0.1, -0.05) is 12.1 Å². The molecule has 0 aliphatic rings. The predicted octanol–water partition coefficient (Wildman–Crippen LogP) is 2.12. The van der Waals surface area contributed by atoms with Gasteiger partial charge in [-0.3, -0.25) is 9.63 Å². The van der Waals surface area contributed by atoms with Crippen molar-refractivity contribution in [2.24, 2.45) is 0 Å². The van der Waals surface area contributed by atoms with E-state index in [0.29, 0.717) is 0 Å². The van der Waals surface area contributed by atoms with Gasteiger partial charge in [0.15, 0.2) is 0 Å². The normalized spacial score (nSPS) is 11.3. The average Bonchev–Trinajstić information content (AvgIpc) is 2.27. The Morgan fingerprint density at radius 2 is 1.81 bits per heavy atom. The number of likely N-dealkylation sites (N-methyl/N-ethyl adjacent to an activating group) is 1. The first-order valence-electron chi connectivity index (χ1n) is 4.98. The van der Waals surface area contributed by atoms with E-state index in [-0.39, 0.29) is 11.7 Å². The maximum atomic E-state index is 12.8. The molecule has 0 heterocycles. The molecule has 4 heteroatoms. The molecule has 0 aliphatic carbocycles. The molecule has 0 atom stereocenters. The van der Waals surface area contributed by atoms with Crippen LogP contribution in [0.15, 0.2) is 24.3 Å². The molecule has 0 bridgehead atoms. The minimum absolute atomic E-state index is 0.179. The lowest BCUT2D eigenvalue weighted by Gasteiger charge is -2.28. The Kier molecular flexibility index (Phi) is 3.65. The SMILES string of the molecule is CON(C)C(=O)C(C)(C)c1ccc(F)cc1. The summed E-state index contributed by atoms with van der Waals surface area (Å²) in [5, 5.41) is 1.17. The third-order valence-electron chi connectivity index (χ3n) is 2.66. The first-order chi connectivity index (χ1) is 7.39. The molecule has 1 aromatic rings. The van der Waals surface area contributed by atoms with E-state index >= 15 is 0 Å². The Morgan fingerprint density at radius 3 is 2.25 bits per heavy atom. The summed E-state index contributed by atoms with van der Waals surface area (Å²) >= 11 is 0. The van der Waals surface area contributed by atoms with Crippen molar-refractivity contribution >= 4 is 5.91 Å². The van der Waals surface area contributed by atoms with Gasteiger partial charge < -0.3 is 0 Å². The van der Waals surface area contributed by atoms with E-state index in [0.717, 1.165) is 5.56 Å². The molecule has 3 nitrogen and oxygen atoms in total. The zero-order valence-electron chi connectivity index (χ0n) is 9.95. The minimum Gasteiger partial charge on any atom is -0.275 e. The second-order valence-electron chi connectivity index (χ2n) is 4.12. The van der Waals surface area contributed by atoms with Crippen LogP contribution in [0.4, 0.5) is 4.39 Å². The maximum Gasteiger partial charge on any atom is 0.255 e. The molecular formula is C12H16FNO2. The minimum atomic E-state index is -0.738. The monoisotopic (exact) mass is 225 g/mol. The largest absolute Gasteiger partial charge is 0.275 e. The topological polar surface area (TPSA) is 29.5 Å². The fraction of sp³-hybridized carbons (Fsp3) is 0.417. The Balaban J connectivity index is 3.01. The molecule has 0 aliphatic heterocycles. The van der Waals surface area contributed by atoms with Gasteiger partial charge >= 0.3 is 0 Å². The molecule has 0 aromatic heterocycles. The first kappa shape index (κ1) is 12.6. The number of benzene rings is 1. The van der Waals surface area contributed by atoms with Gasteiger partial charge in [0.2, 0.25) is 0 Å². The van der Waals surface area contributed by atoms with Crippen molar-refractivity contribution in [1.82, 2.24) is 5.06 Å². The zero-order chi connectivity index (χ0) is 12.3. The van der Waals surface area contributed by atoms with Crippen LogP contribution in [-0.4, -0.2) is 25.1 Å². The van der Waals surface area contributed by atoms with Gasteiger partial charge in [0.05, 0.1) is 12.5 Å². The lowest BCUT2D eigenvalue weighted by molar-refractivity contribution is -0.174. The highest BCUT2D eigenvalue weighted by molar-refractivity contribution is 5.86. The second kappa shape index (κ2) is 4.61. The molecule has 0 unspecified atom stereocenters. The highest BCUT2D eigenvalue weighted by Gasteiger charge is 2.32. The Labute approximate surface area is 94.8 Å². The first-order valence-corrected chi connectivity index (χ1v) is 4.98. The van der Waals surface area contributed by atoms with Crippen LogP contribution in [0.1, 0.15) is 19.4 Å². The lowest BCUT2D eigenvalue weighted by atomic mass is 9.83. The highest BCUT2D eigenvalue weighted by Crippen LogP contribution is 2.25. The Hall–Kier alpha value is -1.42. The van der Waals surface area contributed by atoms with Gasteiger partial charge in [-0.05, 0) is 31.5 Å². The number of amides is 1.